The number of benzene rings is 1. The minimum Gasteiger partial charge on any atom is -0.432 e. The van der Waals surface area contributed by atoms with Gasteiger partial charge in [-0.2, -0.15) is 8.78 Å². The van der Waals surface area contributed by atoms with E-state index >= 15 is 0 Å². The molecule has 1 N–H and O–H groups in total. The first-order chi connectivity index (χ1) is 10.0. The highest BCUT2D eigenvalue weighted by Gasteiger charge is 2.16. The van der Waals surface area contributed by atoms with Crippen molar-refractivity contribution in [1.29, 1.82) is 0 Å². The number of anilines is 1. The molecule has 2 aromatic rings. The van der Waals surface area contributed by atoms with Crippen LogP contribution in [0.3, 0.4) is 0 Å². The van der Waals surface area contributed by atoms with E-state index < -0.39 is 12.7 Å². The number of rotatable bonds is 5. The van der Waals surface area contributed by atoms with Crippen molar-refractivity contribution in [3.8, 4) is 5.75 Å². The molecule has 0 aliphatic heterocycles. The molecular formula is C14H14F2N2O3. The number of fused-ring (bicyclic) bond motifs is 1. The zero-order valence-electron chi connectivity index (χ0n) is 11.5. The van der Waals surface area contributed by atoms with Crippen LogP contribution in [0.25, 0.3) is 10.9 Å². The first-order valence-corrected chi connectivity index (χ1v) is 6.19. The van der Waals surface area contributed by atoms with E-state index in [9.17, 15) is 13.6 Å². The Morgan fingerprint density at radius 2 is 2.10 bits per heavy atom. The summed E-state index contributed by atoms with van der Waals surface area (Å²) < 4.78 is 34.1. The second-order valence-corrected chi connectivity index (χ2v) is 4.26. The monoisotopic (exact) mass is 296 g/mol. The molecule has 0 radical (unpaired) electrons. The van der Waals surface area contributed by atoms with E-state index in [0.717, 1.165) is 0 Å². The third-order valence-electron chi connectivity index (χ3n) is 2.93. The lowest BCUT2D eigenvalue weighted by Gasteiger charge is -2.14. The lowest BCUT2D eigenvalue weighted by atomic mass is 10.1. The Morgan fingerprint density at radius 1 is 1.33 bits per heavy atom. The highest BCUT2D eigenvalue weighted by Crippen LogP contribution is 2.31. The predicted octanol–water partition coefficient (Wildman–Crippen LogP) is 2.81. The van der Waals surface area contributed by atoms with Crippen molar-refractivity contribution in [3.63, 3.8) is 0 Å². The summed E-state index contributed by atoms with van der Waals surface area (Å²) in [6, 6.07) is 6.13. The van der Waals surface area contributed by atoms with Crippen LogP contribution in [0.4, 0.5) is 14.5 Å². The van der Waals surface area contributed by atoms with Gasteiger partial charge in [0.05, 0.1) is 5.69 Å². The number of nitrogens with zero attached hydrogens (tertiary/aromatic N) is 1. The van der Waals surface area contributed by atoms with E-state index in [0.29, 0.717) is 11.1 Å². The largest absolute Gasteiger partial charge is 0.432 e. The molecule has 5 nitrogen and oxygen atoms in total. The number of hydrogen-bond acceptors (Lipinski definition) is 4. The highest BCUT2D eigenvalue weighted by atomic mass is 19.3. The van der Waals surface area contributed by atoms with Gasteiger partial charge >= 0.3 is 6.61 Å². The van der Waals surface area contributed by atoms with Crippen LogP contribution in [0.15, 0.2) is 30.5 Å². The van der Waals surface area contributed by atoms with Gasteiger partial charge in [0.2, 0.25) is 0 Å². The molecule has 1 atom stereocenters. The van der Waals surface area contributed by atoms with Gasteiger partial charge in [-0.25, -0.2) is 0 Å². The average Bonchev–Trinajstić information content (AvgIpc) is 2.48. The summed E-state index contributed by atoms with van der Waals surface area (Å²) in [7, 11) is 1.42. The summed E-state index contributed by atoms with van der Waals surface area (Å²) in [5, 5.41) is 3.18. The molecule has 0 spiro atoms. The van der Waals surface area contributed by atoms with E-state index in [1.807, 2.05) is 0 Å². The molecule has 1 heterocycles. The molecule has 21 heavy (non-hydrogen) atoms. The van der Waals surface area contributed by atoms with Crippen molar-refractivity contribution < 1.29 is 23.0 Å². The molecule has 0 saturated heterocycles. The van der Waals surface area contributed by atoms with Gasteiger partial charge in [-0.15, -0.1) is 0 Å². The minimum atomic E-state index is -2.94. The van der Waals surface area contributed by atoms with Gasteiger partial charge in [-0.3, -0.25) is 9.78 Å². The SMILES string of the molecule is CO[C@@H](C)C(=O)Nc1ccc(OC(F)F)c2ncccc12. The summed E-state index contributed by atoms with van der Waals surface area (Å²) in [5.74, 6) is -0.386. The fourth-order valence-electron chi connectivity index (χ4n) is 1.79. The number of alkyl halides is 2. The lowest BCUT2D eigenvalue weighted by Crippen LogP contribution is -2.26. The number of carbonyl (C=O) groups excluding carboxylic acids is 1. The van der Waals surface area contributed by atoms with Crippen molar-refractivity contribution in [2.24, 2.45) is 0 Å². The Bertz CT molecular complexity index is 649. The van der Waals surface area contributed by atoms with Crippen molar-refractivity contribution in [1.82, 2.24) is 4.98 Å². The summed E-state index contributed by atoms with van der Waals surface area (Å²) in [5.41, 5.74) is 0.703. The number of carbonyl (C=O) groups is 1. The Morgan fingerprint density at radius 3 is 2.76 bits per heavy atom. The Kier molecular flexibility index (Phi) is 4.64. The number of ether oxygens (including phenoxy) is 2. The molecule has 1 amide bonds. The first-order valence-electron chi connectivity index (χ1n) is 6.19. The van der Waals surface area contributed by atoms with E-state index in [4.69, 9.17) is 4.74 Å². The van der Waals surface area contributed by atoms with Crippen LogP contribution in [0.1, 0.15) is 6.92 Å². The topological polar surface area (TPSA) is 60.5 Å². The molecule has 0 bridgehead atoms. The van der Waals surface area contributed by atoms with Gasteiger partial charge in [-0.1, -0.05) is 0 Å². The quantitative estimate of drug-likeness (QED) is 0.921. The summed E-state index contributed by atoms with van der Waals surface area (Å²) in [6.45, 7) is -1.34. The van der Waals surface area contributed by atoms with Gasteiger partial charge in [0.25, 0.3) is 5.91 Å². The van der Waals surface area contributed by atoms with Crippen LogP contribution >= 0.6 is 0 Å². The van der Waals surface area contributed by atoms with E-state index in [2.05, 4.69) is 15.0 Å². The number of aromatic nitrogens is 1. The Hall–Kier alpha value is -2.28. The van der Waals surface area contributed by atoms with Crippen LogP contribution in [0.2, 0.25) is 0 Å². The van der Waals surface area contributed by atoms with Crippen molar-refractivity contribution in [2.75, 3.05) is 12.4 Å². The lowest BCUT2D eigenvalue weighted by molar-refractivity contribution is -0.124. The number of methoxy groups -OCH3 is 1. The van der Waals surface area contributed by atoms with E-state index in [1.54, 1.807) is 19.1 Å². The highest BCUT2D eigenvalue weighted by molar-refractivity contribution is 6.03. The zero-order chi connectivity index (χ0) is 15.4. The van der Waals surface area contributed by atoms with Gasteiger partial charge in [0, 0.05) is 18.7 Å². The second-order valence-electron chi connectivity index (χ2n) is 4.26. The number of pyridine rings is 1. The second kappa shape index (κ2) is 6.45. The van der Waals surface area contributed by atoms with Crippen LogP contribution in [0.5, 0.6) is 5.75 Å². The number of amides is 1. The molecule has 0 aliphatic rings. The fourth-order valence-corrected chi connectivity index (χ4v) is 1.79. The molecule has 0 fully saturated rings. The molecular weight excluding hydrogens is 282 g/mol. The van der Waals surface area contributed by atoms with Crippen molar-refractivity contribution in [3.05, 3.63) is 30.5 Å². The number of halogens is 2. The molecule has 2 rings (SSSR count). The van der Waals surface area contributed by atoms with Crippen molar-refractivity contribution >= 4 is 22.5 Å². The molecule has 7 heteroatoms. The Balaban J connectivity index is 2.40. The van der Waals surface area contributed by atoms with Crippen LogP contribution < -0.4 is 10.1 Å². The maximum absolute atomic E-state index is 12.4. The third-order valence-corrected chi connectivity index (χ3v) is 2.93. The van der Waals surface area contributed by atoms with Gasteiger partial charge in [0.1, 0.15) is 11.6 Å². The first kappa shape index (κ1) is 15.1. The minimum absolute atomic E-state index is 0.0432. The zero-order valence-corrected chi connectivity index (χ0v) is 11.5. The molecule has 0 saturated carbocycles. The van der Waals surface area contributed by atoms with Crippen LogP contribution in [0, 0.1) is 0 Å². The maximum atomic E-state index is 12.4. The molecule has 0 aliphatic carbocycles. The van der Waals surface area contributed by atoms with Crippen molar-refractivity contribution in [2.45, 2.75) is 19.6 Å². The summed E-state index contributed by atoms with van der Waals surface area (Å²) in [6.07, 6.45) is 0.832. The summed E-state index contributed by atoms with van der Waals surface area (Å²) in [4.78, 5) is 15.9. The van der Waals surface area contributed by atoms with Crippen LogP contribution in [-0.4, -0.2) is 30.7 Å². The molecule has 112 valence electrons. The fraction of sp³-hybridized carbons (Fsp3) is 0.286. The average molecular weight is 296 g/mol. The Labute approximate surface area is 119 Å². The number of hydrogen-bond donors (Lipinski definition) is 1. The summed E-state index contributed by atoms with van der Waals surface area (Å²) >= 11 is 0. The van der Waals surface area contributed by atoms with E-state index in [-0.39, 0.29) is 17.2 Å². The smallest absolute Gasteiger partial charge is 0.387 e. The standard InChI is InChI=1S/C14H14F2N2O3/c1-8(20-2)13(19)18-10-5-6-11(21-14(15)16)12-9(10)4-3-7-17-12/h3-8,14H,1-2H3,(H,18,19)/t8-/m0/s1. The molecule has 1 aromatic heterocycles. The van der Waals surface area contributed by atoms with Crippen LogP contribution in [-0.2, 0) is 9.53 Å². The van der Waals surface area contributed by atoms with Gasteiger partial charge < -0.3 is 14.8 Å². The predicted molar refractivity (Wildman–Crippen MR) is 73.5 cm³/mol. The van der Waals surface area contributed by atoms with Gasteiger partial charge in [-0.05, 0) is 31.2 Å². The van der Waals surface area contributed by atoms with E-state index in [1.165, 1.54) is 25.4 Å². The molecule has 0 unspecified atom stereocenters. The molecule has 1 aromatic carbocycles. The number of nitrogens with one attached hydrogen (secondary N) is 1. The third kappa shape index (κ3) is 3.43. The normalized spacial score (nSPS) is 12.4. The maximum Gasteiger partial charge on any atom is 0.387 e. The van der Waals surface area contributed by atoms with Gasteiger partial charge in [0.15, 0.2) is 5.75 Å².